The van der Waals surface area contributed by atoms with Crippen LogP contribution in [-0.4, -0.2) is 13.7 Å². The lowest BCUT2D eigenvalue weighted by atomic mass is 10.1. The Morgan fingerprint density at radius 2 is 1.91 bits per heavy atom. The topological polar surface area (TPSA) is 30.5 Å². The van der Waals surface area contributed by atoms with E-state index in [4.69, 9.17) is 9.47 Å². The molecule has 0 radical (unpaired) electrons. The van der Waals surface area contributed by atoms with Crippen LogP contribution in [0.4, 0.5) is 5.69 Å². The van der Waals surface area contributed by atoms with Crippen molar-refractivity contribution >= 4 is 28.3 Å². The molecule has 0 amide bonds. The summed E-state index contributed by atoms with van der Waals surface area (Å²) in [5, 5.41) is 3.51. The van der Waals surface area contributed by atoms with Crippen molar-refractivity contribution in [2.45, 2.75) is 33.7 Å². The minimum absolute atomic E-state index is 0.701. The molecule has 2 rings (SSSR count). The van der Waals surface area contributed by atoms with Crippen molar-refractivity contribution in [3.63, 3.8) is 0 Å². The van der Waals surface area contributed by atoms with Gasteiger partial charge in [-0.2, -0.15) is 0 Å². The summed E-state index contributed by atoms with van der Waals surface area (Å²) in [5.41, 5.74) is 4.86. The van der Waals surface area contributed by atoms with Crippen molar-refractivity contribution in [1.82, 2.24) is 0 Å². The molecule has 4 heteroatoms. The fourth-order valence-corrected chi connectivity index (χ4v) is 3.16. The Morgan fingerprint density at radius 1 is 1.13 bits per heavy atom. The first-order valence-corrected chi connectivity index (χ1v) is 8.93. The maximum atomic E-state index is 5.81. The highest BCUT2D eigenvalue weighted by atomic mass is 127. The third kappa shape index (κ3) is 4.77. The zero-order valence-corrected chi connectivity index (χ0v) is 16.4. The second-order valence-corrected chi connectivity index (χ2v) is 6.79. The van der Waals surface area contributed by atoms with E-state index in [1.165, 1.54) is 22.4 Å². The standard InChI is InChI=1S/C19H24INO2/c1-5-8-23-19-16(20)10-15(11-18(19)22-4)12-21-17-9-13(2)6-7-14(17)3/h6-7,9-11,21H,5,8,12H2,1-4H3. The van der Waals surface area contributed by atoms with Gasteiger partial charge in [0.25, 0.3) is 0 Å². The summed E-state index contributed by atoms with van der Waals surface area (Å²) in [4.78, 5) is 0. The molecule has 0 bridgehead atoms. The summed E-state index contributed by atoms with van der Waals surface area (Å²) in [5.74, 6) is 1.63. The molecule has 3 nitrogen and oxygen atoms in total. The van der Waals surface area contributed by atoms with Crippen LogP contribution in [0.25, 0.3) is 0 Å². The smallest absolute Gasteiger partial charge is 0.174 e. The van der Waals surface area contributed by atoms with Gasteiger partial charge in [0.05, 0.1) is 17.3 Å². The normalized spacial score (nSPS) is 10.5. The van der Waals surface area contributed by atoms with Crippen molar-refractivity contribution in [3.8, 4) is 11.5 Å². The molecule has 0 spiro atoms. The van der Waals surface area contributed by atoms with Crippen molar-refractivity contribution in [3.05, 3.63) is 50.6 Å². The van der Waals surface area contributed by atoms with Crippen LogP contribution in [0, 0.1) is 17.4 Å². The van der Waals surface area contributed by atoms with E-state index < -0.39 is 0 Å². The Labute approximate surface area is 152 Å². The number of methoxy groups -OCH3 is 1. The van der Waals surface area contributed by atoms with Crippen LogP contribution in [0.15, 0.2) is 30.3 Å². The molecule has 124 valence electrons. The molecule has 0 aliphatic carbocycles. The molecule has 2 aromatic rings. The fourth-order valence-electron chi connectivity index (χ4n) is 2.34. The van der Waals surface area contributed by atoms with Gasteiger partial charge in [-0.05, 0) is 77.7 Å². The number of nitrogens with one attached hydrogen (secondary N) is 1. The van der Waals surface area contributed by atoms with E-state index in [9.17, 15) is 0 Å². The van der Waals surface area contributed by atoms with Gasteiger partial charge in [0, 0.05) is 12.2 Å². The highest BCUT2D eigenvalue weighted by molar-refractivity contribution is 14.1. The first-order chi connectivity index (χ1) is 11.0. The second-order valence-electron chi connectivity index (χ2n) is 5.63. The molecule has 0 saturated carbocycles. The quantitative estimate of drug-likeness (QED) is 0.610. The SMILES string of the molecule is CCCOc1c(I)cc(CNc2cc(C)ccc2C)cc1OC. The number of aryl methyl sites for hydroxylation is 2. The van der Waals surface area contributed by atoms with Crippen LogP contribution in [0.2, 0.25) is 0 Å². The van der Waals surface area contributed by atoms with Gasteiger partial charge in [-0.1, -0.05) is 19.1 Å². The first kappa shape index (κ1) is 17.9. The number of benzene rings is 2. The van der Waals surface area contributed by atoms with Crippen molar-refractivity contribution < 1.29 is 9.47 Å². The Balaban J connectivity index is 2.17. The van der Waals surface area contributed by atoms with Gasteiger partial charge in [-0.25, -0.2) is 0 Å². The predicted molar refractivity (Wildman–Crippen MR) is 105 cm³/mol. The Morgan fingerprint density at radius 3 is 2.61 bits per heavy atom. The number of halogens is 1. The molecular formula is C19H24INO2. The van der Waals surface area contributed by atoms with E-state index in [1.807, 2.05) is 6.07 Å². The van der Waals surface area contributed by atoms with Gasteiger partial charge < -0.3 is 14.8 Å². The Hall–Kier alpha value is -1.43. The molecular weight excluding hydrogens is 401 g/mol. The lowest BCUT2D eigenvalue weighted by Crippen LogP contribution is -2.04. The molecule has 0 atom stereocenters. The van der Waals surface area contributed by atoms with E-state index in [-0.39, 0.29) is 0 Å². The highest BCUT2D eigenvalue weighted by Crippen LogP contribution is 2.34. The second kappa shape index (κ2) is 8.43. The van der Waals surface area contributed by atoms with E-state index in [0.717, 1.165) is 28.0 Å². The minimum Gasteiger partial charge on any atom is -0.493 e. The Kier molecular flexibility index (Phi) is 6.57. The number of anilines is 1. The fraction of sp³-hybridized carbons (Fsp3) is 0.368. The average molecular weight is 425 g/mol. The maximum absolute atomic E-state index is 5.81. The number of ether oxygens (including phenoxy) is 2. The lowest BCUT2D eigenvalue weighted by molar-refractivity contribution is 0.292. The molecule has 0 unspecified atom stereocenters. The summed E-state index contributed by atoms with van der Waals surface area (Å²) < 4.78 is 12.4. The summed E-state index contributed by atoms with van der Waals surface area (Å²) in [6, 6.07) is 10.6. The summed E-state index contributed by atoms with van der Waals surface area (Å²) in [7, 11) is 1.69. The predicted octanol–water partition coefficient (Wildman–Crippen LogP) is 5.32. The average Bonchev–Trinajstić information content (AvgIpc) is 2.54. The third-order valence-corrected chi connectivity index (χ3v) is 4.42. The van der Waals surface area contributed by atoms with Gasteiger partial charge in [-0.3, -0.25) is 0 Å². The lowest BCUT2D eigenvalue weighted by Gasteiger charge is -2.15. The largest absolute Gasteiger partial charge is 0.493 e. The van der Waals surface area contributed by atoms with Crippen molar-refractivity contribution in [2.75, 3.05) is 19.0 Å². The molecule has 0 fully saturated rings. The minimum atomic E-state index is 0.701. The van der Waals surface area contributed by atoms with Gasteiger partial charge in [0.1, 0.15) is 0 Å². The summed E-state index contributed by atoms with van der Waals surface area (Å²) >= 11 is 2.31. The molecule has 2 aromatic carbocycles. The van der Waals surface area contributed by atoms with Crippen molar-refractivity contribution in [2.24, 2.45) is 0 Å². The van der Waals surface area contributed by atoms with Crippen LogP contribution < -0.4 is 14.8 Å². The molecule has 0 aliphatic heterocycles. The number of hydrogen-bond acceptors (Lipinski definition) is 3. The molecule has 0 heterocycles. The molecule has 1 N–H and O–H groups in total. The molecule has 0 aromatic heterocycles. The monoisotopic (exact) mass is 425 g/mol. The first-order valence-electron chi connectivity index (χ1n) is 7.85. The van der Waals surface area contributed by atoms with Crippen LogP contribution >= 0.6 is 22.6 Å². The van der Waals surface area contributed by atoms with Crippen LogP contribution in [0.1, 0.15) is 30.0 Å². The highest BCUT2D eigenvalue weighted by Gasteiger charge is 2.11. The number of rotatable bonds is 7. The van der Waals surface area contributed by atoms with Gasteiger partial charge >= 0.3 is 0 Å². The van der Waals surface area contributed by atoms with E-state index in [2.05, 4.69) is 72.9 Å². The van der Waals surface area contributed by atoms with Crippen LogP contribution in [0.5, 0.6) is 11.5 Å². The maximum Gasteiger partial charge on any atom is 0.174 e. The van der Waals surface area contributed by atoms with Gasteiger partial charge in [-0.15, -0.1) is 0 Å². The van der Waals surface area contributed by atoms with Crippen LogP contribution in [-0.2, 0) is 6.54 Å². The van der Waals surface area contributed by atoms with E-state index in [1.54, 1.807) is 7.11 Å². The van der Waals surface area contributed by atoms with E-state index >= 15 is 0 Å². The molecule has 23 heavy (non-hydrogen) atoms. The van der Waals surface area contributed by atoms with Crippen LogP contribution in [0.3, 0.4) is 0 Å². The van der Waals surface area contributed by atoms with Gasteiger partial charge in [0.2, 0.25) is 0 Å². The van der Waals surface area contributed by atoms with Crippen molar-refractivity contribution in [1.29, 1.82) is 0 Å². The van der Waals surface area contributed by atoms with Gasteiger partial charge in [0.15, 0.2) is 11.5 Å². The zero-order valence-electron chi connectivity index (χ0n) is 14.2. The number of hydrogen-bond donors (Lipinski definition) is 1. The third-order valence-electron chi connectivity index (χ3n) is 3.62. The zero-order chi connectivity index (χ0) is 16.8. The summed E-state index contributed by atoms with van der Waals surface area (Å²) in [6.45, 7) is 7.78. The summed E-state index contributed by atoms with van der Waals surface area (Å²) in [6.07, 6.45) is 0.981. The molecule has 0 saturated heterocycles. The Bertz CT molecular complexity index is 671. The van der Waals surface area contributed by atoms with E-state index in [0.29, 0.717) is 6.61 Å². The molecule has 0 aliphatic rings.